The molecule has 2 saturated carbocycles. The summed E-state index contributed by atoms with van der Waals surface area (Å²) in [7, 11) is 0. The molecule has 3 atom stereocenters. The monoisotopic (exact) mass is 346 g/mol. The number of piperidine rings is 1. The predicted octanol–water partition coefficient (Wildman–Crippen LogP) is 3.86. The first-order valence-electron chi connectivity index (χ1n) is 9.45. The van der Waals surface area contributed by atoms with Gasteiger partial charge in [-0.15, -0.1) is 0 Å². The molecule has 1 saturated heterocycles. The van der Waals surface area contributed by atoms with E-state index in [1.807, 2.05) is 18.2 Å². The molecule has 3 aliphatic rings. The fourth-order valence-electron chi connectivity index (χ4n) is 4.94. The third kappa shape index (κ3) is 3.48. The number of benzene rings is 1. The Hall–Kier alpha value is -1.06. The van der Waals surface area contributed by atoms with Crippen molar-refractivity contribution in [2.75, 3.05) is 13.1 Å². The Kier molecular flexibility index (Phi) is 4.82. The van der Waals surface area contributed by atoms with Crippen LogP contribution in [0.5, 0.6) is 0 Å². The zero-order valence-electron chi connectivity index (χ0n) is 14.2. The third-order valence-electron chi connectivity index (χ3n) is 6.38. The lowest BCUT2D eigenvalue weighted by Gasteiger charge is -2.33. The van der Waals surface area contributed by atoms with Crippen molar-refractivity contribution in [3.05, 3.63) is 34.9 Å². The van der Waals surface area contributed by atoms with Crippen LogP contribution in [0, 0.1) is 17.8 Å². The molecule has 1 amide bonds. The van der Waals surface area contributed by atoms with Crippen LogP contribution in [0.25, 0.3) is 0 Å². The molecule has 1 heterocycles. The molecule has 3 fully saturated rings. The first kappa shape index (κ1) is 16.4. The molecule has 2 aliphatic carbocycles. The van der Waals surface area contributed by atoms with E-state index in [2.05, 4.69) is 16.3 Å². The van der Waals surface area contributed by atoms with Crippen molar-refractivity contribution in [2.24, 2.45) is 17.8 Å². The number of hydrogen-bond donors (Lipinski definition) is 1. The van der Waals surface area contributed by atoms with Crippen molar-refractivity contribution in [1.82, 2.24) is 10.2 Å². The highest BCUT2D eigenvalue weighted by molar-refractivity contribution is 6.31. The van der Waals surface area contributed by atoms with Gasteiger partial charge in [-0.2, -0.15) is 0 Å². The normalized spacial score (nSPS) is 30.6. The van der Waals surface area contributed by atoms with Crippen LogP contribution in [0.15, 0.2) is 24.3 Å². The van der Waals surface area contributed by atoms with E-state index < -0.39 is 0 Å². The van der Waals surface area contributed by atoms with Gasteiger partial charge in [0.25, 0.3) is 0 Å². The molecule has 0 aromatic heterocycles. The van der Waals surface area contributed by atoms with Gasteiger partial charge in [-0.1, -0.05) is 36.2 Å². The van der Waals surface area contributed by atoms with Crippen LogP contribution in [-0.4, -0.2) is 29.9 Å². The number of fused-ring (bicyclic) bond motifs is 2. The minimum atomic E-state index is 0.201. The molecule has 24 heavy (non-hydrogen) atoms. The Balaban J connectivity index is 1.25. The lowest BCUT2D eigenvalue weighted by Crippen LogP contribution is -2.45. The molecule has 1 N–H and O–H groups in total. The van der Waals surface area contributed by atoms with Gasteiger partial charge in [0.1, 0.15) is 0 Å². The van der Waals surface area contributed by atoms with Gasteiger partial charge in [-0.3, -0.25) is 9.69 Å². The molecule has 1 aromatic rings. The first-order chi connectivity index (χ1) is 11.7. The van der Waals surface area contributed by atoms with Crippen molar-refractivity contribution in [1.29, 1.82) is 0 Å². The van der Waals surface area contributed by atoms with Crippen molar-refractivity contribution in [3.8, 4) is 0 Å². The Morgan fingerprint density at radius 3 is 2.58 bits per heavy atom. The maximum Gasteiger partial charge on any atom is 0.223 e. The third-order valence-corrected chi connectivity index (χ3v) is 6.74. The van der Waals surface area contributed by atoms with Crippen molar-refractivity contribution in [2.45, 2.75) is 51.1 Å². The number of carbonyl (C=O) groups excluding carboxylic acids is 1. The van der Waals surface area contributed by atoms with Crippen molar-refractivity contribution >= 4 is 17.5 Å². The van der Waals surface area contributed by atoms with Gasteiger partial charge in [-0.25, -0.2) is 0 Å². The van der Waals surface area contributed by atoms with Gasteiger partial charge >= 0.3 is 0 Å². The SMILES string of the molecule is O=C(NC1CC2CCC1C2)C1CCN(Cc2ccccc2Cl)CC1. The van der Waals surface area contributed by atoms with Gasteiger partial charge in [0.05, 0.1) is 0 Å². The Morgan fingerprint density at radius 2 is 1.92 bits per heavy atom. The lowest BCUT2D eigenvalue weighted by atomic mass is 9.92. The van der Waals surface area contributed by atoms with E-state index in [-0.39, 0.29) is 5.92 Å². The summed E-state index contributed by atoms with van der Waals surface area (Å²) in [5.74, 6) is 2.16. The number of hydrogen-bond acceptors (Lipinski definition) is 2. The van der Waals surface area contributed by atoms with E-state index in [4.69, 9.17) is 11.6 Å². The van der Waals surface area contributed by atoms with Gasteiger partial charge in [0.2, 0.25) is 5.91 Å². The Bertz CT molecular complexity index is 597. The average Bonchev–Trinajstić information content (AvgIpc) is 3.20. The van der Waals surface area contributed by atoms with E-state index in [0.717, 1.165) is 49.3 Å². The molecule has 3 unspecified atom stereocenters. The number of halogens is 1. The molecule has 3 nitrogen and oxygen atoms in total. The van der Waals surface area contributed by atoms with Gasteiger partial charge in [0, 0.05) is 23.5 Å². The van der Waals surface area contributed by atoms with Gasteiger partial charge in [-0.05, 0) is 68.7 Å². The molecule has 1 aromatic carbocycles. The molecule has 0 radical (unpaired) electrons. The average molecular weight is 347 g/mol. The molecule has 130 valence electrons. The van der Waals surface area contributed by atoms with Gasteiger partial charge < -0.3 is 5.32 Å². The molecule has 2 bridgehead atoms. The molecule has 1 aliphatic heterocycles. The highest BCUT2D eigenvalue weighted by atomic mass is 35.5. The van der Waals surface area contributed by atoms with Crippen LogP contribution in [0.1, 0.15) is 44.1 Å². The van der Waals surface area contributed by atoms with Crippen molar-refractivity contribution < 1.29 is 4.79 Å². The summed E-state index contributed by atoms with van der Waals surface area (Å²) in [4.78, 5) is 15.0. The standard InChI is InChI=1S/C20H27ClN2O/c21-18-4-2-1-3-17(18)13-23-9-7-15(8-10-23)20(24)22-19-12-14-5-6-16(19)11-14/h1-4,14-16,19H,5-13H2,(H,22,24). The second-order valence-corrected chi connectivity index (χ2v) is 8.34. The molecular weight excluding hydrogens is 320 g/mol. The highest BCUT2D eigenvalue weighted by Crippen LogP contribution is 2.44. The topological polar surface area (TPSA) is 32.3 Å². The van der Waals surface area contributed by atoms with E-state index in [9.17, 15) is 4.79 Å². The Morgan fingerprint density at radius 1 is 1.12 bits per heavy atom. The summed E-state index contributed by atoms with van der Waals surface area (Å²) in [5.41, 5.74) is 1.18. The fourth-order valence-corrected chi connectivity index (χ4v) is 5.14. The summed E-state index contributed by atoms with van der Waals surface area (Å²) < 4.78 is 0. The van der Waals surface area contributed by atoms with Crippen LogP contribution in [0.3, 0.4) is 0 Å². The zero-order valence-corrected chi connectivity index (χ0v) is 15.0. The van der Waals surface area contributed by atoms with Crippen LogP contribution >= 0.6 is 11.6 Å². The quantitative estimate of drug-likeness (QED) is 0.897. The smallest absolute Gasteiger partial charge is 0.223 e. The maximum absolute atomic E-state index is 12.6. The zero-order chi connectivity index (χ0) is 16.5. The largest absolute Gasteiger partial charge is 0.353 e. The van der Waals surface area contributed by atoms with Gasteiger partial charge in [0.15, 0.2) is 0 Å². The second-order valence-electron chi connectivity index (χ2n) is 7.93. The minimum Gasteiger partial charge on any atom is -0.353 e. The molecule has 4 heteroatoms. The van der Waals surface area contributed by atoms with Crippen LogP contribution in [0.2, 0.25) is 5.02 Å². The van der Waals surface area contributed by atoms with Crippen LogP contribution in [-0.2, 0) is 11.3 Å². The predicted molar refractivity (Wildman–Crippen MR) is 96.8 cm³/mol. The number of rotatable bonds is 4. The summed E-state index contributed by atoms with van der Waals surface area (Å²) >= 11 is 6.26. The summed E-state index contributed by atoms with van der Waals surface area (Å²) in [6.45, 7) is 2.86. The maximum atomic E-state index is 12.6. The van der Waals surface area contributed by atoms with Crippen molar-refractivity contribution in [3.63, 3.8) is 0 Å². The van der Waals surface area contributed by atoms with Crippen LogP contribution < -0.4 is 5.32 Å². The summed E-state index contributed by atoms with van der Waals surface area (Å²) in [6, 6.07) is 8.52. The molecule has 0 spiro atoms. The van der Waals surface area contributed by atoms with E-state index in [1.165, 1.54) is 31.2 Å². The first-order valence-corrected chi connectivity index (χ1v) is 9.83. The fraction of sp³-hybridized carbons (Fsp3) is 0.650. The minimum absolute atomic E-state index is 0.201. The van der Waals surface area contributed by atoms with E-state index >= 15 is 0 Å². The number of likely N-dealkylation sites (tertiary alicyclic amines) is 1. The lowest BCUT2D eigenvalue weighted by molar-refractivity contribution is -0.127. The highest BCUT2D eigenvalue weighted by Gasteiger charge is 2.40. The summed E-state index contributed by atoms with van der Waals surface area (Å²) in [5, 5.41) is 4.22. The molecular formula is C20H27ClN2O. The van der Waals surface area contributed by atoms with E-state index in [0.29, 0.717) is 11.9 Å². The number of amides is 1. The molecule has 4 rings (SSSR count). The summed E-state index contributed by atoms with van der Waals surface area (Å²) in [6.07, 6.45) is 7.22. The van der Waals surface area contributed by atoms with Crippen LogP contribution in [0.4, 0.5) is 0 Å². The van der Waals surface area contributed by atoms with E-state index in [1.54, 1.807) is 0 Å². The number of carbonyl (C=O) groups is 1. The second kappa shape index (κ2) is 7.05. The number of nitrogens with one attached hydrogen (secondary N) is 1. The number of nitrogens with zero attached hydrogens (tertiary/aromatic N) is 1. The Labute approximate surface area is 149 Å².